The monoisotopic (exact) mass is 320 g/mol. The topological polar surface area (TPSA) is 32.3 Å². The number of rotatable bonds is 4. The molecule has 2 fully saturated rings. The van der Waals surface area contributed by atoms with Crippen molar-refractivity contribution in [3.8, 4) is 0 Å². The number of carbonyl (C=O) groups is 1. The Hall–Kier alpha value is 0.0700. The molecule has 1 amide bonds. The molecule has 0 spiro atoms. The first-order valence-electron chi connectivity index (χ1n) is 7.77. The molecule has 2 aliphatic rings. The Morgan fingerprint density at radius 2 is 2.05 bits per heavy atom. The summed E-state index contributed by atoms with van der Waals surface area (Å²) < 4.78 is 0. The number of piperidine rings is 1. The van der Waals surface area contributed by atoms with Gasteiger partial charge in [0, 0.05) is 30.5 Å². The number of nitrogens with zero attached hydrogens (tertiary/aromatic N) is 1. The number of halogens is 1. The summed E-state index contributed by atoms with van der Waals surface area (Å²) in [6.45, 7) is 8.72. The molecule has 1 atom stereocenters. The number of hydrogen-bond acceptors (Lipinski definition) is 3. The van der Waals surface area contributed by atoms with E-state index in [0.717, 1.165) is 50.7 Å². The van der Waals surface area contributed by atoms with Crippen molar-refractivity contribution >= 4 is 30.1 Å². The van der Waals surface area contributed by atoms with Gasteiger partial charge in [0.2, 0.25) is 5.91 Å². The number of carbonyl (C=O) groups excluding carboxylic acids is 1. The first-order chi connectivity index (χ1) is 9.16. The minimum atomic E-state index is 0. The van der Waals surface area contributed by atoms with Gasteiger partial charge in [-0.2, -0.15) is 11.8 Å². The lowest BCUT2D eigenvalue weighted by Crippen LogP contribution is -2.43. The summed E-state index contributed by atoms with van der Waals surface area (Å²) in [6.07, 6.45) is 4.35. The van der Waals surface area contributed by atoms with Crippen molar-refractivity contribution in [2.75, 3.05) is 31.9 Å². The van der Waals surface area contributed by atoms with Gasteiger partial charge in [-0.05, 0) is 44.2 Å². The second-order valence-corrected chi connectivity index (χ2v) is 7.57. The summed E-state index contributed by atoms with van der Waals surface area (Å²) in [6, 6.07) is 0. The van der Waals surface area contributed by atoms with Gasteiger partial charge in [0.25, 0.3) is 0 Å². The molecule has 0 aromatic rings. The van der Waals surface area contributed by atoms with Gasteiger partial charge in [-0.3, -0.25) is 4.79 Å². The van der Waals surface area contributed by atoms with Crippen molar-refractivity contribution in [1.29, 1.82) is 0 Å². The summed E-state index contributed by atoms with van der Waals surface area (Å²) >= 11 is 2.04. The molecule has 1 N–H and O–H groups in total. The SMILES string of the molecule is CC(C)C1CN(C(=O)CCC2CCNCC2)CCS1.Cl. The standard InChI is InChI=1S/C15H28N2OS.ClH/c1-12(2)14-11-17(9-10-19-14)15(18)4-3-13-5-7-16-8-6-13;/h12-14,16H,3-11H2,1-2H3;1H. The summed E-state index contributed by atoms with van der Waals surface area (Å²) in [5.74, 6) is 2.95. The van der Waals surface area contributed by atoms with Crippen molar-refractivity contribution in [3.63, 3.8) is 0 Å². The zero-order valence-corrected chi connectivity index (χ0v) is 14.4. The third kappa shape index (κ3) is 5.45. The average Bonchev–Trinajstić information content (AvgIpc) is 2.46. The molecule has 0 saturated carbocycles. The molecular formula is C15H29ClN2OS. The smallest absolute Gasteiger partial charge is 0.222 e. The molecule has 0 aromatic heterocycles. The van der Waals surface area contributed by atoms with E-state index in [1.54, 1.807) is 0 Å². The Morgan fingerprint density at radius 3 is 2.70 bits per heavy atom. The Morgan fingerprint density at radius 1 is 1.35 bits per heavy atom. The van der Waals surface area contributed by atoms with Crippen molar-refractivity contribution in [3.05, 3.63) is 0 Å². The minimum Gasteiger partial charge on any atom is -0.341 e. The highest BCUT2D eigenvalue weighted by atomic mass is 35.5. The molecule has 0 bridgehead atoms. The zero-order valence-electron chi connectivity index (χ0n) is 12.8. The zero-order chi connectivity index (χ0) is 13.7. The van der Waals surface area contributed by atoms with Gasteiger partial charge in [-0.25, -0.2) is 0 Å². The first kappa shape index (κ1) is 18.1. The van der Waals surface area contributed by atoms with Crippen LogP contribution in [0.3, 0.4) is 0 Å². The molecule has 2 rings (SSSR count). The lowest BCUT2D eigenvalue weighted by atomic mass is 9.93. The van der Waals surface area contributed by atoms with Crippen LogP contribution in [0.1, 0.15) is 39.5 Å². The maximum atomic E-state index is 12.3. The van der Waals surface area contributed by atoms with Crippen LogP contribution in [0.25, 0.3) is 0 Å². The normalized spacial score (nSPS) is 24.6. The van der Waals surface area contributed by atoms with Crippen LogP contribution in [0.2, 0.25) is 0 Å². The minimum absolute atomic E-state index is 0. The number of amides is 1. The number of thioether (sulfide) groups is 1. The van der Waals surface area contributed by atoms with Crippen molar-refractivity contribution in [2.45, 2.75) is 44.8 Å². The van der Waals surface area contributed by atoms with Gasteiger partial charge in [-0.1, -0.05) is 13.8 Å². The summed E-state index contributed by atoms with van der Waals surface area (Å²) in [5.41, 5.74) is 0. The van der Waals surface area contributed by atoms with Gasteiger partial charge in [0.15, 0.2) is 0 Å². The molecule has 3 nitrogen and oxygen atoms in total. The maximum Gasteiger partial charge on any atom is 0.222 e. The largest absolute Gasteiger partial charge is 0.341 e. The van der Waals surface area contributed by atoms with Crippen LogP contribution in [0, 0.1) is 11.8 Å². The van der Waals surface area contributed by atoms with E-state index in [1.807, 2.05) is 11.8 Å². The highest BCUT2D eigenvalue weighted by Crippen LogP contribution is 2.26. The molecule has 5 heteroatoms. The van der Waals surface area contributed by atoms with Gasteiger partial charge in [0.1, 0.15) is 0 Å². The maximum absolute atomic E-state index is 12.3. The molecule has 20 heavy (non-hydrogen) atoms. The van der Waals surface area contributed by atoms with E-state index >= 15 is 0 Å². The number of nitrogens with one attached hydrogen (secondary N) is 1. The van der Waals surface area contributed by atoms with Crippen LogP contribution < -0.4 is 5.32 Å². The van der Waals surface area contributed by atoms with Gasteiger partial charge < -0.3 is 10.2 Å². The summed E-state index contributed by atoms with van der Waals surface area (Å²) in [5, 5.41) is 4.02. The predicted molar refractivity (Wildman–Crippen MR) is 89.7 cm³/mol. The van der Waals surface area contributed by atoms with Crippen molar-refractivity contribution in [2.24, 2.45) is 11.8 Å². The van der Waals surface area contributed by atoms with E-state index in [9.17, 15) is 4.79 Å². The fraction of sp³-hybridized carbons (Fsp3) is 0.933. The summed E-state index contributed by atoms with van der Waals surface area (Å²) in [7, 11) is 0. The summed E-state index contributed by atoms with van der Waals surface area (Å²) in [4.78, 5) is 14.4. The third-order valence-corrected chi connectivity index (χ3v) is 5.95. The van der Waals surface area contributed by atoms with Crippen LogP contribution in [0.5, 0.6) is 0 Å². The van der Waals surface area contributed by atoms with Crippen LogP contribution in [0.15, 0.2) is 0 Å². The molecule has 1 unspecified atom stereocenters. The fourth-order valence-electron chi connectivity index (χ4n) is 2.96. The fourth-order valence-corrected chi connectivity index (χ4v) is 4.26. The molecular weight excluding hydrogens is 292 g/mol. The molecule has 2 aliphatic heterocycles. The van der Waals surface area contributed by atoms with Gasteiger partial charge in [0.05, 0.1) is 0 Å². The Bertz CT molecular complexity index is 296. The second-order valence-electron chi connectivity index (χ2n) is 6.23. The van der Waals surface area contributed by atoms with E-state index in [1.165, 1.54) is 12.8 Å². The van der Waals surface area contributed by atoms with Gasteiger partial charge in [-0.15, -0.1) is 12.4 Å². The van der Waals surface area contributed by atoms with Crippen LogP contribution in [-0.4, -0.2) is 48.0 Å². The van der Waals surface area contributed by atoms with E-state index in [4.69, 9.17) is 0 Å². The first-order valence-corrected chi connectivity index (χ1v) is 8.82. The molecule has 2 saturated heterocycles. The average molecular weight is 321 g/mol. The van der Waals surface area contributed by atoms with Crippen LogP contribution >= 0.6 is 24.2 Å². The van der Waals surface area contributed by atoms with E-state index < -0.39 is 0 Å². The molecule has 0 aliphatic carbocycles. The van der Waals surface area contributed by atoms with E-state index in [-0.39, 0.29) is 12.4 Å². The van der Waals surface area contributed by atoms with Crippen LogP contribution in [-0.2, 0) is 4.79 Å². The van der Waals surface area contributed by atoms with E-state index in [2.05, 4.69) is 24.1 Å². The van der Waals surface area contributed by atoms with E-state index in [0.29, 0.717) is 17.1 Å². The second kappa shape index (κ2) is 9.16. The third-order valence-electron chi connectivity index (χ3n) is 4.41. The highest BCUT2D eigenvalue weighted by molar-refractivity contribution is 8.00. The molecule has 2 heterocycles. The lowest BCUT2D eigenvalue weighted by Gasteiger charge is -2.34. The molecule has 0 radical (unpaired) electrons. The van der Waals surface area contributed by atoms with Crippen LogP contribution in [0.4, 0.5) is 0 Å². The predicted octanol–water partition coefficient (Wildman–Crippen LogP) is 2.79. The lowest BCUT2D eigenvalue weighted by molar-refractivity contribution is -0.131. The number of hydrogen-bond donors (Lipinski definition) is 1. The Kier molecular flexibility index (Phi) is 8.30. The highest BCUT2D eigenvalue weighted by Gasteiger charge is 2.26. The Labute approximate surface area is 134 Å². The molecule has 118 valence electrons. The van der Waals surface area contributed by atoms with Crippen molar-refractivity contribution in [1.82, 2.24) is 10.2 Å². The molecule has 0 aromatic carbocycles. The quantitative estimate of drug-likeness (QED) is 0.864. The van der Waals surface area contributed by atoms with Gasteiger partial charge >= 0.3 is 0 Å². The van der Waals surface area contributed by atoms with Crippen molar-refractivity contribution < 1.29 is 4.79 Å². The Balaban J connectivity index is 0.00000200.